The van der Waals surface area contributed by atoms with Crippen LogP contribution in [0.1, 0.15) is 35.2 Å². The molecule has 166 valence electrons. The summed E-state index contributed by atoms with van der Waals surface area (Å²) in [6.07, 6.45) is 2.59. The van der Waals surface area contributed by atoms with E-state index in [2.05, 4.69) is 10.6 Å². The molecule has 2 aliphatic heterocycles. The molecule has 2 heterocycles. The Morgan fingerprint density at radius 3 is 2.50 bits per heavy atom. The Morgan fingerprint density at radius 1 is 1.06 bits per heavy atom. The van der Waals surface area contributed by atoms with Crippen LogP contribution in [-0.4, -0.2) is 48.9 Å². The van der Waals surface area contributed by atoms with Gasteiger partial charge in [0.1, 0.15) is 0 Å². The number of aryl methyl sites for hydroxylation is 1. The topological polar surface area (TPSA) is 81.8 Å². The third-order valence-electron chi connectivity index (χ3n) is 7.20. The van der Waals surface area contributed by atoms with Crippen LogP contribution < -0.4 is 15.5 Å². The van der Waals surface area contributed by atoms with Crippen molar-refractivity contribution in [1.82, 2.24) is 10.2 Å². The van der Waals surface area contributed by atoms with Crippen LogP contribution >= 0.6 is 0 Å². The second-order valence-corrected chi connectivity index (χ2v) is 9.15. The zero-order valence-corrected chi connectivity index (χ0v) is 18.3. The van der Waals surface area contributed by atoms with Gasteiger partial charge in [-0.2, -0.15) is 0 Å². The number of urea groups is 1. The number of piperidine rings is 1. The van der Waals surface area contributed by atoms with Gasteiger partial charge in [-0.15, -0.1) is 0 Å². The molecule has 0 aromatic heterocycles. The number of hydrogen-bond acceptors (Lipinski definition) is 3. The summed E-state index contributed by atoms with van der Waals surface area (Å²) in [5, 5.41) is 5.83. The Balaban J connectivity index is 1.21. The van der Waals surface area contributed by atoms with Crippen LogP contribution in [0, 0.1) is 18.3 Å². The van der Waals surface area contributed by atoms with Crippen molar-refractivity contribution in [1.29, 1.82) is 0 Å². The monoisotopic (exact) mass is 432 g/mol. The molecule has 2 aromatic carbocycles. The predicted molar refractivity (Wildman–Crippen MR) is 123 cm³/mol. The van der Waals surface area contributed by atoms with Crippen molar-refractivity contribution < 1.29 is 14.4 Å². The second kappa shape index (κ2) is 7.97. The number of nitrogens with zero attached hydrogens (tertiary/aromatic N) is 2. The molecule has 0 bridgehead atoms. The Hall–Kier alpha value is -3.35. The fraction of sp³-hybridized carbons (Fsp3) is 0.400. The molecule has 1 aliphatic carbocycles. The summed E-state index contributed by atoms with van der Waals surface area (Å²) < 4.78 is 0. The number of anilines is 2. The largest absolute Gasteiger partial charge is 0.339 e. The average molecular weight is 433 g/mol. The van der Waals surface area contributed by atoms with Gasteiger partial charge in [0.15, 0.2) is 0 Å². The molecule has 1 spiro atoms. The number of amides is 4. The molecule has 1 saturated carbocycles. The Morgan fingerprint density at radius 2 is 1.81 bits per heavy atom. The zero-order chi connectivity index (χ0) is 22.3. The number of likely N-dealkylation sites (tertiary alicyclic amines) is 1. The molecule has 0 radical (unpaired) electrons. The molecular weight excluding hydrogens is 404 g/mol. The molecular formula is C25H28N4O3. The highest BCUT2D eigenvalue weighted by Crippen LogP contribution is 2.59. The van der Waals surface area contributed by atoms with Crippen LogP contribution in [0.2, 0.25) is 0 Å². The lowest BCUT2D eigenvalue weighted by atomic mass is 9.90. The van der Waals surface area contributed by atoms with Crippen LogP contribution in [0.5, 0.6) is 0 Å². The first-order chi connectivity index (χ1) is 15.5. The minimum Gasteiger partial charge on any atom is -0.339 e. The number of nitrogens with one attached hydrogen (secondary N) is 2. The van der Waals surface area contributed by atoms with Gasteiger partial charge >= 0.3 is 6.03 Å². The third-order valence-corrected chi connectivity index (χ3v) is 7.20. The van der Waals surface area contributed by atoms with Crippen LogP contribution in [0.15, 0.2) is 48.5 Å². The Labute approximate surface area is 187 Å². The third kappa shape index (κ3) is 3.72. The lowest BCUT2D eigenvalue weighted by Crippen LogP contribution is -2.40. The number of carbonyl (C=O) groups excluding carboxylic acids is 3. The first-order valence-electron chi connectivity index (χ1n) is 11.3. The van der Waals surface area contributed by atoms with Crippen molar-refractivity contribution in [3.8, 4) is 0 Å². The van der Waals surface area contributed by atoms with E-state index in [4.69, 9.17) is 0 Å². The molecule has 2 aromatic rings. The number of hydrogen-bond donors (Lipinski definition) is 2. The maximum atomic E-state index is 13.2. The van der Waals surface area contributed by atoms with E-state index in [1.54, 1.807) is 4.90 Å². The Bertz CT molecular complexity index is 1060. The van der Waals surface area contributed by atoms with Crippen LogP contribution in [-0.2, 0) is 4.79 Å². The fourth-order valence-electron chi connectivity index (χ4n) is 5.09. The fourth-order valence-corrected chi connectivity index (χ4v) is 5.09. The van der Waals surface area contributed by atoms with Crippen molar-refractivity contribution in [2.75, 3.05) is 36.4 Å². The zero-order valence-electron chi connectivity index (χ0n) is 18.3. The second-order valence-electron chi connectivity index (χ2n) is 9.15. The summed E-state index contributed by atoms with van der Waals surface area (Å²) in [4.78, 5) is 41.5. The van der Waals surface area contributed by atoms with Gasteiger partial charge < -0.3 is 15.5 Å². The molecule has 7 nitrogen and oxygen atoms in total. The standard InChI is InChI=1S/C25H28N4O3/c1-17-7-8-18(15-21(17)29-14-11-26-24(29)32)23(31)28-12-9-25(10-13-28)16-20(25)22(30)27-19-5-3-2-4-6-19/h2-8,15,20H,9-14,16H2,1H3,(H,26,32)(H,27,30)/t20-/m0/s1. The van der Waals surface area contributed by atoms with Crippen LogP contribution in [0.25, 0.3) is 0 Å². The van der Waals surface area contributed by atoms with Crippen molar-refractivity contribution in [2.45, 2.75) is 26.2 Å². The highest BCUT2D eigenvalue weighted by molar-refractivity contribution is 5.99. The number of benzene rings is 2. The van der Waals surface area contributed by atoms with Gasteiger partial charge in [-0.05, 0) is 61.4 Å². The minimum absolute atomic E-state index is 0.00774. The lowest BCUT2D eigenvalue weighted by molar-refractivity contribution is -0.118. The van der Waals surface area contributed by atoms with Gasteiger partial charge in [-0.3, -0.25) is 14.5 Å². The summed E-state index contributed by atoms with van der Waals surface area (Å²) in [7, 11) is 0. The van der Waals surface area contributed by atoms with Crippen molar-refractivity contribution >= 4 is 29.2 Å². The Kier molecular flexibility index (Phi) is 5.12. The first-order valence-corrected chi connectivity index (χ1v) is 11.3. The number of para-hydroxylation sites is 1. The normalized spacial score (nSPS) is 21.4. The smallest absolute Gasteiger partial charge is 0.322 e. The molecule has 3 aliphatic rings. The van der Waals surface area contributed by atoms with Gasteiger partial charge in [0.25, 0.3) is 5.91 Å². The van der Waals surface area contributed by atoms with E-state index in [1.165, 1.54) is 0 Å². The first kappa shape index (κ1) is 20.5. The SMILES string of the molecule is Cc1ccc(C(=O)N2CCC3(CC2)C[C@H]3C(=O)Nc2ccccc2)cc1N1CCNC1=O. The predicted octanol–water partition coefficient (Wildman–Crippen LogP) is 3.41. The quantitative estimate of drug-likeness (QED) is 0.777. The molecule has 0 unspecified atom stereocenters. The van der Waals surface area contributed by atoms with Crippen molar-refractivity contribution in [2.24, 2.45) is 11.3 Å². The molecule has 32 heavy (non-hydrogen) atoms. The van der Waals surface area contributed by atoms with Gasteiger partial charge in [0.2, 0.25) is 5.91 Å². The van der Waals surface area contributed by atoms with E-state index in [-0.39, 0.29) is 29.2 Å². The molecule has 4 amide bonds. The van der Waals surface area contributed by atoms with E-state index in [1.807, 2.05) is 60.4 Å². The van der Waals surface area contributed by atoms with Crippen molar-refractivity contribution in [3.05, 3.63) is 59.7 Å². The molecule has 7 heteroatoms. The highest BCUT2D eigenvalue weighted by atomic mass is 16.2. The van der Waals surface area contributed by atoms with E-state index >= 15 is 0 Å². The van der Waals surface area contributed by atoms with Gasteiger partial charge in [-0.25, -0.2) is 4.79 Å². The van der Waals surface area contributed by atoms with E-state index < -0.39 is 0 Å². The molecule has 2 N–H and O–H groups in total. The molecule has 2 saturated heterocycles. The van der Waals surface area contributed by atoms with Crippen LogP contribution in [0.4, 0.5) is 16.2 Å². The maximum Gasteiger partial charge on any atom is 0.322 e. The summed E-state index contributed by atoms with van der Waals surface area (Å²) in [6, 6.07) is 15.0. The van der Waals surface area contributed by atoms with Gasteiger partial charge in [0.05, 0.1) is 0 Å². The highest BCUT2D eigenvalue weighted by Gasteiger charge is 2.58. The summed E-state index contributed by atoms with van der Waals surface area (Å²) in [6.45, 7) is 4.48. The molecule has 1 atom stereocenters. The number of rotatable bonds is 4. The summed E-state index contributed by atoms with van der Waals surface area (Å²) >= 11 is 0. The van der Waals surface area contributed by atoms with E-state index in [9.17, 15) is 14.4 Å². The van der Waals surface area contributed by atoms with Crippen LogP contribution in [0.3, 0.4) is 0 Å². The molecule has 3 fully saturated rings. The summed E-state index contributed by atoms with van der Waals surface area (Å²) in [5.41, 5.74) is 3.23. The number of carbonyl (C=O) groups is 3. The molecule has 5 rings (SSSR count). The van der Waals surface area contributed by atoms with Crippen molar-refractivity contribution in [3.63, 3.8) is 0 Å². The average Bonchev–Trinajstić information content (AvgIpc) is 3.34. The van der Waals surface area contributed by atoms with Gasteiger partial charge in [-0.1, -0.05) is 24.3 Å². The van der Waals surface area contributed by atoms with Gasteiger partial charge in [0, 0.05) is 49.0 Å². The van der Waals surface area contributed by atoms with E-state index in [0.717, 1.165) is 36.2 Å². The maximum absolute atomic E-state index is 13.2. The summed E-state index contributed by atoms with van der Waals surface area (Å²) in [5.74, 6) is 0.106. The van der Waals surface area contributed by atoms with E-state index in [0.29, 0.717) is 31.7 Å². The lowest BCUT2D eigenvalue weighted by Gasteiger charge is -2.33. The minimum atomic E-state index is -0.119.